The maximum atomic E-state index is 12.8. The van der Waals surface area contributed by atoms with Crippen molar-refractivity contribution in [1.29, 1.82) is 0 Å². The van der Waals surface area contributed by atoms with E-state index in [0.717, 1.165) is 17.6 Å². The molecule has 0 aliphatic carbocycles. The number of aryl methyl sites for hydroxylation is 1. The van der Waals surface area contributed by atoms with Gasteiger partial charge in [0.15, 0.2) is 0 Å². The summed E-state index contributed by atoms with van der Waals surface area (Å²) in [7, 11) is -0.00440. The Morgan fingerprint density at radius 3 is 2.39 bits per heavy atom. The number of nitro benzene ring substituents is 1. The van der Waals surface area contributed by atoms with Crippen molar-refractivity contribution in [2.75, 3.05) is 50.1 Å². The van der Waals surface area contributed by atoms with Gasteiger partial charge in [0, 0.05) is 64.2 Å². The van der Waals surface area contributed by atoms with Gasteiger partial charge in [0.25, 0.3) is 5.69 Å². The summed E-state index contributed by atoms with van der Waals surface area (Å²) in [6.07, 6.45) is 0. The second kappa shape index (κ2) is 7.68. The van der Waals surface area contributed by atoms with E-state index < -0.39 is 14.9 Å². The van der Waals surface area contributed by atoms with E-state index in [1.54, 1.807) is 0 Å². The molecule has 1 fully saturated rings. The Hall–Kier alpha value is -2.79. The molecule has 1 aliphatic heterocycles. The van der Waals surface area contributed by atoms with Crippen LogP contribution in [-0.2, 0) is 10.0 Å². The highest BCUT2D eigenvalue weighted by molar-refractivity contribution is 7.89. The molecule has 150 valence electrons. The molecule has 0 radical (unpaired) electrons. The minimum absolute atomic E-state index is 0.0724. The van der Waals surface area contributed by atoms with Crippen molar-refractivity contribution in [2.45, 2.75) is 11.8 Å². The van der Waals surface area contributed by atoms with Gasteiger partial charge in [-0.3, -0.25) is 10.1 Å². The fourth-order valence-electron chi connectivity index (χ4n) is 2.94. The van der Waals surface area contributed by atoms with Gasteiger partial charge >= 0.3 is 0 Å². The zero-order valence-electron chi connectivity index (χ0n) is 15.9. The maximum Gasteiger partial charge on any atom is 0.270 e. The summed E-state index contributed by atoms with van der Waals surface area (Å²) in [5, 5.41) is 10.9. The molecular weight excluding hydrogens is 384 g/mol. The number of non-ortho nitro benzene ring substituents is 1. The molecule has 0 atom stereocenters. The van der Waals surface area contributed by atoms with Crippen LogP contribution in [0.5, 0.6) is 0 Å². The molecule has 28 heavy (non-hydrogen) atoms. The van der Waals surface area contributed by atoms with Crippen molar-refractivity contribution >= 4 is 27.5 Å². The highest BCUT2D eigenvalue weighted by Crippen LogP contribution is 2.23. The predicted octanol–water partition coefficient (Wildman–Crippen LogP) is 1.27. The van der Waals surface area contributed by atoms with Gasteiger partial charge in [-0.05, 0) is 13.0 Å². The average Bonchev–Trinajstić information content (AvgIpc) is 2.67. The van der Waals surface area contributed by atoms with E-state index in [1.165, 1.54) is 22.5 Å². The number of nitrogens with zero attached hydrogens (tertiary/aromatic N) is 6. The molecule has 0 N–H and O–H groups in total. The van der Waals surface area contributed by atoms with Crippen LogP contribution in [0.15, 0.2) is 35.2 Å². The lowest BCUT2D eigenvalue weighted by Gasteiger charge is -2.34. The van der Waals surface area contributed by atoms with Gasteiger partial charge in [0.2, 0.25) is 16.0 Å². The molecule has 2 heterocycles. The van der Waals surface area contributed by atoms with E-state index in [2.05, 4.69) is 9.97 Å². The number of aromatic nitrogens is 2. The van der Waals surface area contributed by atoms with Gasteiger partial charge in [-0.15, -0.1) is 0 Å². The van der Waals surface area contributed by atoms with E-state index in [4.69, 9.17) is 0 Å². The van der Waals surface area contributed by atoms with Gasteiger partial charge in [-0.25, -0.2) is 13.4 Å². The van der Waals surface area contributed by atoms with Crippen LogP contribution in [0, 0.1) is 17.0 Å². The Morgan fingerprint density at radius 2 is 1.79 bits per heavy atom. The first-order valence-corrected chi connectivity index (χ1v) is 10.1. The molecule has 0 bridgehead atoms. The second-order valence-electron chi connectivity index (χ2n) is 6.71. The largest absolute Gasteiger partial charge is 0.363 e. The van der Waals surface area contributed by atoms with Crippen LogP contribution in [0.2, 0.25) is 0 Å². The summed E-state index contributed by atoms with van der Waals surface area (Å²) >= 11 is 0. The Balaban J connectivity index is 1.76. The van der Waals surface area contributed by atoms with Crippen molar-refractivity contribution in [3.63, 3.8) is 0 Å². The Morgan fingerprint density at radius 1 is 1.11 bits per heavy atom. The molecular formula is C17H22N6O4S. The third-order valence-electron chi connectivity index (χ3n) is 4.47. The van der Waals surface area contributed by atoms with Crippen LogP contribution >= 0.6 is 0 Å². The van der Waals surface area contributed by atoms with Crippen LogP contribution in [0.4, 0.5) is 17.5 Å². The quantitative estimate of drug-likeness (QED) is 0.539. The van der Waals surface area contributed by atoms with Gasteiger partial charge in [0.1, 0.15) is 5.82 Å². The van der Waals surface area contributed by atoms with Crippen molar-refractivity contribution in [3.8, 4) is 0 Å². The van der Waals surface area contributed by atoms with E-state index in [1.807, 2.05) is 36.9 Å². The molecule has 11 heteroatoms. The van der Waals surface area contributed by atoms with Gasteiger partial charge < -0.3 is 9.80 Å². The molecule has 0 spiro atoms. The van der Waals surface area contributed by atoms with E-state index in [0.29, 0.717) is 19.0 Å². The minimum Gasteiger partial charge on any atom is -0.363 e. The van der Waals surface area contributed by atoms with Crippen LogP contribution in [0.3, 0.4) is 0 Å². The highest BCUT2D eigenvalue weighted by atomic mass is 32.2. The predicted molar refractivity (Wildman–Crippen MR) is 105 cm³/mol. The standard InChI is InChI=1S/C17H22N6O4S/c1-13-11-16(20(2)3)19-17(18-13)21-7-9-22(10-8-21)28(26,27)15-6-4-5-14(12-15)23(24)25/h4-6,11-12H,7-10H2,1-3H3. The lowest BCUT2D eigenvalue weighted by Crippen LogP contribution is -2.49. The lowest BCUT2D eigenvalue weighted by atomic mass is 10.3. The number of sulfonamides is 1. The molecule has 1 saturated heterocycles. The first kappa shape index (κ1) is 20.0. The van der Waals surface area contributed by atoms with Crippen molar-refractivity contribution in [3.05, 3.63) is 46.1 Å². The number of nitro groups is 1. The molecule has 1 aromatic heterocycles. The summed E-state index contributed by atoms with van der Waals surface area (Å²) in [6, 6.07) is 7.00. The zero-order chi connectivity index (χ0) is 20.5. The average molecular weight is 406 g/mol. The molecule has 3 rings (SSSR count). The Kier molecular flexibility index (Phi) is 5.47. The highest BCUT2D eigenvalue weighted by Gasteiger charge is 2.30. The van der Waals surface area contributed by atoms with Crippen molar-refractivity contribution < 1.29 is 13.3 Å². The topological polar surface area (TPSA) is 113 Å². The molecule has 2 aromatic rings. The van der Waals surface area contributed by atoms with Gasteiger partial charge in [0.05, 0.1) is 9.82 Å². The second-order valence-corrected chi connectivity index (χ2v) is 8.65. The summed E-state index contributed by atoms with van der Waals surface area (Å²) in [5.41, 5.74) is 0.587. The number of anilines is 2. The van der Waals surface area contributed by atoms with Crippen LogP contribution in [0.1, 0.15) is 5.69 Å². The van der Waals surface area contributed by atoms with E-state index in [9.17, 15) is 18.5 Å². The number of rotatable bonds is 5. The maximum absolute atomic E-state index is 12.8. The first-order chi connectivity index (χ1) is 13.2. The van der Waals surface area contributed by atoms with Crippen molar-refractivity contribution in [1.82, 2.24) is 14.3 Å². The van der Waals surface area contributed by atoms with E-state index in [-0.39, 0.29) is 23.7 Å². The number of hydrogen-bond acceptors (Lipinski definition) is 8. The summed E-state index contributed by atoms with van der Waals surface area (Å²) in [5.74, 6) is 1.35. The monoisotopic (exact) mass is 406 g/mol. The molecule has 10 nitrogen and oxygen atoms in total. The first-order valence-electron chi connectivity index (χ1n) is 8.71. The lowest BCUT2D eigenvalue weighted by molar-refractivity contribution is -0.385. The summed E-state index contributed by atoms with van der Waals surface area (Å²) < 4.78 is 27.0. The molecule has 0 unspecified atom stereocenters. The molecule has 0 amide bonds. The third-order valence-corrected chi connectivity index (χ3v) is 6.37. The minimum atomic E-state index is -3.80. The van der Waals surface area contributed by atoms with Crippen LogP contribution < -0.4 is 9.80 Å². The van der Waals surface area contributed by atoms with Crippen LogP contribution in [0.25, 0.3) is 0 Å². The zero-order valence-corrected chi connectivity index (χ0v) is 16.8. The molecule has 1 aromatic carbocycles. The number of hydrogen-bond donors (Lipinski definition) is 0. The SMILES string of the molecule is Cc1cc(N(C)C)nc(N2CCN(S(=O)(=O)c3cccc([N+](=O)[O-])c3)CC2)n1. The normalized spacial score (nSPS) is 15.5. The molecule has 1 aliphatic rings. The van der Waals surface area contributed by atoms with Crippen molar-refractivity contribution in [2.24, 2.45) is 0 Å². The summed E-state index contributed by atoms with van der Waals surface area (Å²) in [6.45, 7) is 3.26. The summed E-state index contributed by atoms with van der Waals surface area (Å²) in [4.78, 5) is 23.1. The fourth-order valence-corrected chi connectivity index (χ4v) is 4.40. The van der Waals surface area contributed by atoms with E-state index >= 15 is 0 Å². The Labute approximate surface area is 163 Å². The number of piperazine rings is 1. The third kappa shape index (κ3) is 4.04. The van der Waals surface area contributed by atoms with Crippen LogP contribution in [-0.4, -0.2) is 67.9 Å². The smallest absolute Gasteiger partial charge is 0.270 e. The number of benzene rings is 1. The Bertz CT molecular complexity index is 987. The fraction of sp³-hybridized carbons (Fsp3) is 0.412. The van der Waals surface area contributed by atoms with Gasteiger partial charge in [-0.2, -0.15) is 9.29 Å². The molecule has 0 saturated carbocycles. The van der Waals surface area contributed by atoms with Gasteiger partial charge in [-0.1, -0.05) is 6.07 Å².